The van der Waals surface area contributed by atoms with Crippen LogP contribution < -0.4 is 30.8 Å². The maximum Gasteiger partial charge on any atom is 0.323 e. The number of benzene rings is 2. The number of pyridine rings is 1. The molecule has 0 aliphatic heterocycles. The Kier molecular flexibility index (Phi) is 19.0. The van der Waals surface area contributed by atoms with E-state index in [4.69, 9.17) is 18.9 Å². The maximum absolute atomic E-state index is 13.5. The first-order valence-corrected chi connectivity index (χ1v) is 21.4. The van der Waals surface area contributed by atoms with Crippen LogP contribution in [0.1, 0.15) is 66.1 Å². The third-order valence-electron chi connectivity index (χ3n) is 9.21. The number of aryl methyl sites for hydroxylation is 3. The molecule has 0 spiro atoms. The zero-order valence-corrected chi connectivity index (χ0v) is 35.5. The number of hydrogen-bond acceptors (Lipinski definition) is 12. The molecule has 1 unspecified atom stereocenters. The van der Waals surface area contributed by atoms with Crippen molar-refractivity contribution in [2.24, 2.45) is 7.05 Å². The highest BCUT2D eigenvalue weighted by molar-refractivity contribution is 7.89. The Hall–Kier alpha value is -5.34. The number of fused-ring (bicyclic) bond motifs is 1. The molecule has 0 saturated carbocycles. The Labute approximate surface area is 349 Å². The average molecular weight is 856 g/mol. The molecule has 4 aromatic rings. The molecule has 0 bridgehead atoms. The fraction of sp³-hybridized carbons (Fsp3) is 0.488. The molecule has 0 radical (unpaired) electrons. The van der Waals surface area contributed by atoms with Crippen LogP contribution in [0.3, 0.4) is 0 Å². The van der Waals surface area contributed by atoms with Gasteiger partial charge in [-0.2, -0.15) is 4.72 Å². The number of hydrogen-bond donors (Lipinski definition) is 6. The minimum absolute atomic E-state index is 0.126. The van der Waals surface area contributed by atoms with Gasteiger partial charge in [0.05, 0.1) is 43.4 Å². The van der Waals surface area contributed by atoms with E-state index in [-0.39, 0.29) is 34.8 Å². The van der Waals surface area contributed by atoms with Crippen molar-refractivity contribution in [3.63, 3.8) is 0 Å². The zero-order valence-electron chi connectivity index (χ0n) is 34.6. The summed E-state index contributed by atoms with van der Waals surface area (Å²) in [6.07, 6.45) is 8.11. The molecule has 4 rings (SSSR count). The molecule has 0 aliphatic carbocycles. The quantitative estimate of drug-likeness (QED) is 0.0451. The second kappa shape index (κ2) is 24.0. The molecular formula is C41H57N7O11S. The Bertz CT molecular complexity index is 2170. The molecule has 2 aromatic heterocycles. The second-order valence-corrected chi connectivity index (χ2v) is 15.7. The van der Waals surface area contributed by atoms with E-state index in [0.29, 0.717) is 87.3 Å². The number of nitrogens with one attached hydrogen (secondary N) is 5. The topological polar surface area (TPSA) is 241 Å². The number of unbranched alkanes of at least 4 members (excludes halogenated alkanes) is 1. The fourth-order valence-electron chi connectivity index (χ4n) is 6.18. The summed E-state index contributed by atoms with van der Waals surface area (Å²) in [5, 5.41) is 18.6. The molecule has 0 fully saturated rings. The molecule has 0 aliphatic rings. The highest BCUT2D eigenvalue weighted by atomic mass is 32.2. The lowest BCUT2D eigenvalue weighted by Gasteiger charge is -2.19. The van der Waals surface area contributed by atoms with E-state index in [1.807, 2.05) is 0 Å². The van der Waals surface area contributed by atoms with Crippen molar-refractivity contribution in [3.05, 3.63) is 81.4 Å². The van der Waals surface area contributed by atoms with E-state index >= 15 is 0 Å². The molecule has 60 heavy (non-hydrogen) atoms. The second-order valence-electron chi connectivity index (χ2n) is 14.1. The van der Waals surface area contributed by atoms with Gasteiger partial charge < -0.3 is 49.6 Å². The summed E-state index contributed by atoms with van der Waals surface area (Å²) in [6, 6.07) is 6.42. The first-order chi connectivity index (χ1) is 28.8. The van der Waals surface area contributed by atoms with E-state index in [1.54, 1.807) is 56.1 Å². The minimum Gasteiger partial charge on any atom is -0.494 e. The molecule has 6 N–H and O–H groups in total. The number of aliphatic carboxylic acids is 1. The average Bonchev–Trinajstić information content (AvgIpc) is 3.74. The minimum atomic E-state index is -4.41. The van der Waals surface area contributed by atoms with Gasteiger partial charge in [-0.25, -0.2) is 13.4 Å². The normalized spacial score (nSPS) is 12.0. The number of carbonyl (C=O) groups excluding carboxylic acids is 2. The third kappa shape index (κ3) is 14.7. The highest BCUT2D eigenvalue weighted by Gasteiger charge is 2.29. The van der Waals surface area contributed by atoms with Gasteiger partial charge in [0.25, 0.3) is 5.91 Å². The number of anilines is 1. The Morgan fingerprint density at radius 1 is 0.917 bits per heavy atom. The van der Waals surface area contributed by atoms with Gasteiger partial charge in [0.15, 0.2) is 5.95 Å². The number of carboxylic acid groups (broad SMARTS) is 1. The number of carboxylic acids is 1. The highest BCUT2D eigenvalue weighted by Crippen LogP contribution is 2.26. The van der Waals surface area contributed by atoms with Gasteiger partial charge in [0.2, 0.25) is 21.4 Å². The van der Waals surface area contributed by atoms with Gasteiger partial charge in [-0.1, -0.05) is 19.4 Å². The van der Waals surface area contributed by atoms with Crippen LogP contribution >= 0.6 is 0 Å². The molecular weight excluding hydrogens is 799 g/mol. The lowest BCUT2D eigenvalue weighted by molar-refractivity contribution is -0.138. The number of aromatic amines is 1. The first-order valence-electron chi connectivity index (χ1n) is 19.9. The SMILES string of the molecule is CCCCOCCOCCOCCCNC(=O)CCCOc1cc(C)c(S(=O)(=O)NC(CNC(=O)c2cn(C)c3cc(CNc4ncc[nH]4)ccc3c2=O)C(=O)O)c(C)c1. The van der Waals surface area contributed by atoms with E-state index in [0.717, 1.165) is 25.0 Å². The summed E-state index contributed by atoms with van der Waals surface area (Å²) in [6.45, 7) is 8.99. The summed E-state index contributed by atoms with van der Waals surface area (Å²) >= 11 is 0. The smallest absolute Gasteiger partial charge is 0.323 e. The van der Waals surface area contributed by atoms with Gasteiger partial charge >= 0.3 is 5.97 Å². The summed E-state index contributed by atoms with van der Waals surface area (Å²) in [4.78, 5) is 57.9. The van der Waals surface area contributed by atoms with Crippen molar-refractivity contribution in [1.82, 2.24) is 29.9 Å². The monoisotopic (exact) mass is 855 g/mol. The van der Waals surface area contributed by atoms with Crippen molar-refractivity contribution in [2.75, 3.05) is 64.7 Å². The van der Waals surface area contributed by atoms with Crippen LogP contribution in [0.15, 0.2) is 58.6 Å². The van der Waals surface area contributed by atoms with Crippen LogP contribution in [0.5, 0.6) is 5.75 Å². The number of imidazole rings is 1. The summed E-state index contributed by atoms with van der Waals surface area (Å²) in [5.74, 6) is -1.55. The fourth-order valence-corrected chi connectivity index (χ4v) is 7.82. The van der Waals surface area contributed by atoms with Gasteiger partial charge in [-0.3, -0.25) is 19.2 Å². The summed E-state index contributed by atoms with van der Waals surface area (Å²) in [5.41, 5.74) is 1.23. The standard InChI is InChI=1S/C41H57N7O11S/c1-5-6-15-56-18-20-58-21-19-57-16-8-12-42-36(49)9-7-17-59-31-22-28(2)38(29(3)23-31)60(54,55)47-34(40(52)53)26-45-39(51)33-27-48(4)35-24-30(10-11-32(35)37(33)50)25-46-41-43-13-14-44-41/h10-11,13-14,22-24,27,34,47H,5-9,12,15-21,25-26H2,1-4H3,(H,42,49)(H,45,51)(H,52,53)(H2,43,44,46). The number of ether oxygens (including phenoxy) is 4. The number of rotatable bonds is 28. The molecule has 2 aromatic carbocycles. The maximum atomic E-state index is 13.5. The van der Waals surface area contributed by atoms with Crippen LogP contribution in [0.4, 0.5) is 5.95 Å². The molecule has 328 valence electrons. The predicted octanol–water partition coefficient (Wildman–Crippen LogP) is 3.17. The predicted molar refractivity (Wildman–Crippen MR) is 225 cm³/mol. The molecule has 1 atom stereocenters. The van der Waals surface area contributed by atoms with Crippen LogP contribution in [0.25, 0.3) is 10.9 Å². The van der Waals surface area contributed by atoms with E-state index < -0.39 is 39.9 Å². The van der Waals surface area contributed by atoms with Crippen molar-refractivity contribution in [3.8, 4) is 5.75 Å². The van der Waals surface area contributed by atoms with Gasteiger partial charge in [-0.05, 0) is 74.1 Å². The van der Waals surface area contributed by atoms with Crippen LogP contribution in [0, 0.1) is 13.8 Å². The van der Waals surface area contributed by atoms with Crippen molar-refractivity contribution >= 4 is 44.7 Å². The Balaban J connectivity index is 1.21. The van der Waals surface area contributed by atoms with Crippen molar-refractivity contribution in [2.45, 2.75) is 70.4 Å². The van der Waals surface area contributed by atoms with Crippen molar-refractivity contribution in [1.29, 1.82) is 0 Å². The molecule has 18 nitrogen and oxygen atoms in total. The third-order valence-corrected chi connectivity index (χ3v) is 11.0. The Morgan fingerprint density at radius 2 is 1.60 bits per heavy atom. The van der Waals surface area contributed by atoms with Crippen molar-refractivity contribution < 1.29 is 46.9 Å². The van der Waals surface area contributed by atoms with Crippen LogP contribution in [0.2, 0.25) is 0 Å². The van der Waals surface area contributed by atoms with Crippen LogP contribution in [-0.2, 0) is 47.4 Å². The zero-order chi connectivity index (χ0) is 43.5. The number of carbonyl (C=O) groups is 3. The number of nitrogens with zero attached hydrogens (tertiary/aromatic N) is 2. The summed E-state index contributed by atoms with van der Waals surface area (Å²) in [7, 11) is -2.74. The van der Waals surface area contributed by atoms with Gasteiger partial charge in [0, 0.05) is 70.3 Å². The first kappa shape index (κ1) is 47.3. The molecule has 2 amide bonds. The molecule has 0 saturated heterocycles. The lowest BCUT2D eigenvalue weighted by atomic mass is 10.1. The molecule has 2 heterocycles. The number of aromatic nitrogens is 3. The largest absolute Gasteiger partial charge is 0.494 e. The summed E-state index contributed by atoms with van der Waals surface area (Å²) < 4.78 is 53.0. The lowest BCUT2D eigenvalue weighted by Crippen LogP contribution is -2.49. The number of sulfonamides is 1. The van der Waals surface area contributed by atoms with E-state index in [2.05, 4.69) is 37.6 Å². The number of amides is 2. The van der Waals surface area contributed by atoms with Gasteiger partial charge in [0.1, 0.15) is 17.4 Å². The molecule has 19 heteroatoms. The van der Waals surface area contributed by atoms with E-state index in [9.17, 15) is 32.7 Å². The number of H-pyrrole nitrogens is 1. The Morgan fingerprint density at radius 3 is 2.25 bits per heavy atom. The van der Waals surface area contributed by atoms with Gasteiger partial charge in [-0.15, -0.1) is 0 Å². The van der Waals surface area contributed by atoms with E-state index in [1.165, 1.54) is 18.3 Å². The van der Waals surface area contributed by atoms with Crippen LogP contribution in [-0.4, -0.2) is 111 Å².